The number of likely N-dealkylation sites (N-methyl/N-ethyl adjacent to an activating group) is 1. The minimum Gasteiger partial charge on any atom is -0.367 e. The van der Waals surface area contributed by atoms with Gasteiger partial charge in [-0.2, -0.15) is 0 Å². The summed E-state index contributed by atoms with van der Waals surface area (Å²) in [5.41, 5.74) is 1.01. The zero-order valence-electron chi connectivity index (χ0n) is 19.0. The van der Waals surface area contributed by atoms with Gasteiger partial charge in [0.1, 0.15) is 11.9 Å². The number of aliphatic imine (C=N–C) groups is 1. The molecule has 7 heteroatoms. The van der Waals surface area contributed by atoms with Crippen LogP contribution in [0.5, 0.6) is 0 Å². The summed E-state index contributed by atoms with van der Waals surface area (Å²) in [5, 5.41) is 3.46. The van der Waals surface area contributed by atoms with Gasteiger partial charge in [0.25, 0.3) is 0 Å². The first-order chi connectivity index (χ1) is 14.4. The van der Waals surface area contributed by atoms with Crippen molar-refractivity contribution in [1.29, 1.82) is 0 Å². The van der Waals surface area contributed by atoms with Crippen molar-refractivity contribution in [2.45, 2.75) is 33.0 Å². The van der Waals surface area contributed by atoms with E-state index in [9.17, 15) is 4.39 Å². The number of nitrogens with zero attached hydrogens (tertiary/aromatic N) is 4. The van der Waals surface area contributed by atoms with E-state index in [-0.39, 0.29) is 18.0 Å². The second-order valence-corrected chi connectivity index (χ2v) is 8.80. The number of nitrogens with one attached hydrogen (secondary N) is 1. The van der Waals surface area contributed by atoms with E-state index in [1.54, 1.807) is 0 Å². The van der Waals surface area contributed by atoms with E-state index >= 15 is 0 Å². The molecule has 2 aliphatic rings. The summed E-state index contributed by atoms with van der Waals surface area (Å²) in [6.07, 6.45) is 0.00129. The minimum absolute atomic E-state index is 0.0824. The van der Waals surface area contributed by atoms with Gasteiger partial charge in [0.05, 0.1) is 12.6 Å². The number of guanidine groups is 1. The molecule has 2 saturated heterocycles. The zero-order valence-corrected chi connectivity index (χ0v) is 19.0. The summed E-state index contributed by atoms with van der Waals surface area (Å²) in [6, 6.07) is 6.64. The van der Waals surface area contributed by atoms with Crippen LogP contribution in [-0.4, -0.2) is 92.7 Å². The van der Waals surface area contributed by atoms with Gasteiger partial charge >= 0.3 is 0 Å². The first-order valence-corrected chi connectivity index (χ1v) is 11.3. The molecule has 0 amide bonds. The van der Waals surface area contributed by atoms with Crippen molar-refractivity contribution in [3.63, 3.8) is 0 Å². The van der Waals surface area contributed by atoms with Crippen LogP contribution in [-0.2, 0) is 4.74 Å². The number of rotatable bonds is 6. The van der Waals surface area contributed by atoms with Gasteiger partial charge in [-0.15, -0.1) is 0 Å². The molecule has 2 fully saturated rings. The van der Waals surface area contributed by atoms with Crippen LogP contribution < -0.4 is 5.32 Å². The Morgan fingerprint density at radius 3 is 2.57 bits per heavy atom. The van der Waals surface area contributed by atoms with Crippen molar-refractivity contribution in [3.05, 3.63) is 35.6 Å². The molecule has 1 aromatic carbocycles. The average Bonchev–Trinajstić information content (AvgIpc) is 2.73. The normalized spacial score (nSPS) is 25.4. The van der Waals surface area contributed by atoms with Crippen molar-refractivity contribution in [3.8, 4) is 0 Å². The van der Waals surface area contributed by atoms with Gasteiger partial charge < -0.3 is 24.8 Å². The van der Waals surface area contributed by atoms with E-state index in [4.69, 9.17) is 9.73 Å². The average molecular weight is 420 g/mol. The van der Waals surface area contributed by atoms with Gasteiger partial charge in [-0.05, 0) is 44.5 Å². The molecular weight excluding hydrogens is 381 g/mol. The molecule has 0 aliphatic carbocycles. The molecule has 0 bridgehead atoms. The van der Waals surface area contributed by atoms with Gasteiger partial charge in [0, 0.05) is 52.4 Å². The molecule has 1 N–H and O–H groups in total. The van der Waals surface area contributed by atoms with E-state index in [1.807, 2.05) is 12.1 Å². The lowest BCUT2D eigenvalue weighted by molar-refractivity contribution is -0.0605. The lowest BCUT2D eigenvalue weighted by Gasteiger charge is -2.39. The highest BCUT2D eigenvalue weighted by Gasteiger charge is 2.28. The first-order valence-electron chi connectivity index (χ1n) is 11.3. The predicted molar refractivity (Wildman–Crippen MR) is 120 cm³/mol. The highest BCUT2D eigenvalue weighted by molar-refractivity contribution is 5.80. The maximum absolute atomic E-state index is 13.3. The molecule has 2 aliphatic heterocycles. The summed E-state index contributed by atoms with van der Waals surface area (Å²) < 4.78 is 19.5. The highest BCUT2D eigenvalue weighted by Crippen LogP contribution is 2.25. The molecule has 2 heterocycles. The standard InChI is InChI=1S/C23H38FN5O/c1-5-25-23(26-14-18(2)15-28-12-10-27(4)11-13-28)29-16-19(3)30-22(17-29)20-6-8-21(24)9-7-20/h6-9,18-19,22H,5,10-17H2,1-4H3,(H,25,26). The van der Waals surface area contributed by atoms with Crippen LogP contribution in [0, 0.1) is 11.7 Å². The zero-order chi connectivity index (χ0) is 21.5. The molecule has 0 saturated carbocycles. The first kappa shape index (κ1) is 23.0. The van der Waals surface area contributed by atoms with Crippen LogP contribution in [0.25, 0.3) is 0 Å². The van der Waals surface area contributed by atoms with Crippen LogP contribution in [0.3, 0.4) is 0 Å². The molecule has 6 nitrogen and oxygen atoms in total. The van der Waals surface area contributed by atoms with E-state index in [2.05, 4.69) is 47.8 Å². The molecule has 1 aromatic rings. The Labute approximate surface area is 181 Å². The fourth-order valence-corrected chi connectivity index (χ4v) is 4.18. The van der Waals surface area contributed by atoms with Crippen LogP contribution >= 0.6 is 0 Å². The maximum Gasteiger partial charge on any atom is 0.194 e. The molecule has 30 heavy (non-hydrogen) atoms. The lowest BCUT2D eigenvalue weighted by atomic mass is 10.1. The van der Waals surface area contributed by atoms with E-state index < -0.39 is 0 Å². The van der Waals surface area contributed by atoms with Crippen LogP contribution in [0.4, 0.5) is 4.39 Å². The number of halogens is 1. The van der Waals surface area contributed by atoms with Crippen molar-refractivity contribution < 1.29 is 9.13 Å². The molecule has 3 atom stereocenters. The van der Waals surface area contributed by atoms with E-state index in [0.29, 0.717) is 12.5 Å². The largest absolute Gasteiger partial charge is 0.367 e. The molecule has 0 spiro atoms. The van der Waals surface area contributed by atoms with E-state index in [1.165, 1.54) is 12.1 Å². The third-order valence-corrected chi connectivity index (χ3v) is 5.85. The minimum atomic E-state index is -0.219. The quantitative estimate of drug-likeness (QED) is 0.567. The lowest BCUT2D eigenvalue weighted by Crippen LogP contribution is -2.51. The molecular formula is C23H38FN5O. The Balaban J connectivity index is 1.61. The fraction of sp³-hybridized carbons (Fsp3) is 0.696. The summed E-state index contributed by atoms with van der Waals surface area (Å²) in [7, 11) is 2.19. The number of piperazine rings is 1. The number of morpholine rings is 1. The summed E-state index contributed by atoms with van der Waals surface area (Å²) >= 11 is 0. The number of ether oxygens (including phenoxy) is 1. The molecule has 3 unspecified atom stereocenters. The van der Waals surface area contributed by atoms with Crippen LogP contribution in [0.15, 0.2) is 29.3 Å². The second-order valence-electron chi connectivity index (χ2n) is 8.80. The monoisotopic (exact) mass is 419 g/mol. The van der Waals surface area contributed by atoms with Crippen molar-refractivity contribution in [2.24, 2.45) is 10.9 Å². The Kier molecular flexibility index (Phi) is 8.48. The van der Waals surface area contributed by atoms with Crippen LogP contribution in [0.2, 0.25) is 0 Å². The number of hydrogen-bond acceptors (Lipinski definition) is 4. The third kappa shape index (κ3) is 6.65. The Morgan fingerprint density at radius 1 is 1.20 bits per heavy atom. The predicted octanol–water partition coefficient (Wildman–Crippen LogP) is 2.44. The molecule has 0 radical (unpaired) electrons. The SMILES string of the molecule is CCNC(=NCC(C)CN1CCN(C)CC1)N1CC(C)OC(c2ccc(F)cc2)C1. The van der Waals surface area contributed by atoms with Crippen molar-refractivity contribution >= 4 is 5.96 Å². The molecule has 0 aromatic heterocycles. The number of hydrogen-bond donors (Lipinski definition) is 1. The van der Waals surface area contributed by atoms with Gasteiger partial charge in [-0.3, -0.25) is 4.99 Å². The van der Waals surface area contributed by atoms with Gasteiger partial charge in [-0.25, -0.2) is 4.39 Å². The van der Waals surface area contributed by atoms with Crippen molar-refractivity contribution in [1.82, 2.24) is 20.0 Å². The van der Waals surface area contributed by atoms with Crippen LogP contribution in [0.1, 0.15) is 32.4 Å². The Bertz CT molecular complexity index is 675. The third-order valence-electron chi connectivity index (χ3n) is 5.85. The van der Waals surface area contributed by atoms with E-state index in [0.717, 1.165) is 63.9 Å². The van der Waals surface area contributed by atoms with Gasteiger partial charge in [-0.1, -0.05) is 19.1 Å². The van der Waals surface area contributed by atoms with Gasteiger partial charge in [0.2, 0.25) is 0 Å². The maximum atomic E-state index is 13.3. The van der Waals surface area contributed by atoms with Crippen molar-refractivity contribution in [2.75, 3.05) is 66.0 Å². The fourth-order valence-electron chi connectivity index (χ4n) is 4.18. The highest BCUT2D eigenvalue weighted by atomic mass is 19.1. The Hall–Kier alpha value is -1.70. The van der Waals surface area contributed by atoms with Gasteiger partial charge in [0.15, 0.2) is 5.96 Å². The Morgan fingerprint density at radius 2 is 1.90 bits per heavy atom. The topological polar surface area (TPSA) is 43.3 Å². The molecule has 168 valence electrons. The number of benzene rings is 1. The summed E-state index contributed by atoms with van der Waals surface area (Å²) in [5.74, 6) is 1.24. The summed E-state index contributed by atoms with van der Waals surface area (Å²) in [4.78, 5) is 12.2. The smallest absolute Gasteiger partial charge is 0.194 e. The summed E-state index contributed by atoms with van der Waals surface area (Å²) in [6.45, 7) is 15.3. The molecule has 3 rings (SSSR count). The second kappa shape index (κ2) is 11.1.